The average Bonchev–Trinajstić information content (AvgIpc) is 3.73. The van der Waals surface area contributed by atoms with Gasteiger partial charge in [-0.3, -0.25) is 14.8 Å². The fraction of sp³-hybridized carbons (Fsp3) is 0.241. The molecule has 3 aromatic carbocycles. The predicted octanol–water partition coefficient (Wildman–Crippen LogP) is 4.48. The Balaban J connectivity index is 1.20. The van der Waals surface area contributed by atoms with Crippen molar-refractivity contribution in [1.29, 1.82) is 0 Å². The van der Waals surface area contributed by atoms with Gasteiger partial charge < -0.3 is 16.0 Å². The molecule has 0 atom stereocenters. The summed E-state index contributed by atoms with van der Waals surface area (Å²) in [7, 11) is 0. The molecule has 192 valence electrons. The van der Waals surface area contributed by atoms with Gasteiger partial charge >= 0.3 is 0 Å². The van der Waals surface area contributed by atoms with Crippen LogP contribution >= 0.6 is 0 Å². The molecule has 2 amide bonds. The first-order valence-electron chi connectivity index (χ1n) is 12.9. The van der Waals surface area contributed by atoms with E-state index >= 15 is 0 Å². The summed E-state index contributed by atoms with van der Waals surface area (Å²) in [6.45, 7) is 1.60. The molecule has 1 saturated carbocycles. The summed E-state index contributed by atoms with van der Waals surface area (Å²) in [4.78, 5) is 25.2. The van der Waals surface area contributed by atoms with Crippen LogP contribution in [-0.4, -0.2) is 50.3 Å². The maximum absolute atomic E-state index is 13.2. The van der Waals surface area contributed by atoms with Crippen LogP contribution in [0.3, 0.4) is 0 Å². The van der Waals surface area contributed by atoms with Gasteiger partial charge in [0.05, 0.1) is 17.4 Å². The van der Waals surface area contributed by atoms with Gasteiger partial charge in [0.1, 0.15) is 5.56 Å². The van der Waals surface area contributed by atoms with Crippen molar-refractivity contribution in [3.63, 3.8) is 0 Å². The Bertz CT molecular complexity index is 1540. The highest BCUT2D eigenvalue weighted by Gasteiger charge is 2.29. The minimum absolute atomic E-state index is 0.0798. The van der Waals surface area contributed by atoms with E-state index in [1.165, 1.54) is 0 Å². The number of hydrogen-bond acceptors (Lipinski definition) is 5. The highest BCUT2D eigenvalue weighted by molar-refractivity contribution is 6.08. The van der Waals surface area contributed by atoms with Crippen molar-refractivity contribution in [3.8, 4) is 5.69 Å². The molecular formula is C29H29N6O3+. The third kappa shape index (κ3) is 4.88. The monoisotopic (exact) mass is 509 g/mol. The zero-order valence-electron chi connectivity index (χ0n) is 20.9. The number of nitrogens with zero attached hydrogens (tertiary/aromatic N) is 3. The number of rotatable bonds is 6. The summed E-state index contributed by atoms with van der Waals surface area (Å²) in [5.41, 5.74) is 4.91. The predicted molar refractivity (Wildman–Crippen MR) is 146 cm³/mol. The summed E-state index contributed by atoms with van der Waals surface area (Å²) >= 11 is 0. The number of benzene rings is 3. The van der Waals surface area contributed by atoms with Crippen molar-refractivity contribution >= 4 is 45.5 Å². The van der Waals surface area contributed by atoms with Gasteiger partial charge in [-0.05, 0) is 61.4 Å². The highest BCUT2D eigenvalue weighted by atomic mass is 16.5. The Hall–Kier alpha value is -4.50. The lowest BCUT2D eigenvalue weighted by Gasteiger charge is -2.12. The van der Waals surface area contributed by atoms with Gasteiger partial charge in [0.2, 0.25) is 11.6 Å². The zero-order chi connectivity index (χ0) is 26.1. The van der Waals surface area contributed by atoms with Crippen LogP contribution in [0, 0.1) is 5.92 Å². The number of nitrogens with one attached hydrogen (secondary N) is 3. The van der Waals surface area contributed by atoms with E-state index in [2.05, 4.69) is 21.0 Å². The molecule has 1 aromatic heterocycles. The second-order valence-electron chi connectivity index (χ2n) is 9.74. The lowest BCUT2D eigenvalue weighted by atomic mass is 10.1. The van der Waals surface area contributed by atoms with E-state index in [1.807, 2.05) is 53.2 Å². The quantitative estimate of drug-likeness (QED) is 0.174. The number of piperidine rings is 1. The molecule has 2 aliphatic rings. The molecule has 9 nitrogen and oxygen atoms in total. The number of aromatic nitrogens is 2. The smallest absolute Gasteiger partial charge is 0.269 e. The molecule has 0 unspecified atom stereocenters. The fourth-order valence-corrected chi connectivity index (χ4v) is 4.74. The third-order valence-electron chi connectivity index (χ3n) is 7.01. The van der Waals surface area contributed by atoms with E-state index in [0.717, 1.165) is 71.5 Å². The Morgan fingerprint density at radius 1 is 0.947 bits per heavy atom. The van der Waals surface area contributed by atoms with Crippen LogP contribution < -0.4 is 16.0 Å². The molecule has 2 fully saturated rings. The molecule has 4 N–H and O–H groups in total. The molecule has 0 spiro atoms. The Kier molecular flexibility index (Phi) is 6.35. The number of anilines is 2. The van der Waals surface area contributed by atoms with Gasteiger partial charge in [0.15, 0.2) is 0 Å². The van der Waals surface area contributed by atoms with Gasteiger partial charge in [-0.2, -0.15) is 5.10 Å². The SMILES string of the molecule is O=C(Nc1ccc2c(cnn2-c2ccc(NC(=O)C3CC3)cc2)c1)c1ccccc1[N+](O)=C1CCNCC1. The lowest BCUT2D eigenvalue weighted by molar-refractivity contribution is -0.714. The second kappa shape index (κ2) is 10.1. The standard InChI is InChI=1S/C29H28N6O3/c36-28(19-5-6-19)32-21-7-10-23(11-8-21)34-26-12-9-22(17-20(26)18-31-34)33-29(37)25-3-1-2-4-27(25)35(38)24-13-15-30-16-14-24/h1-4,7-12,17-19,30H,5-6,13-16H2,(H2-,32,33,36,37,38)/p+1. The Labute approximate surface area is 219 Å². The van der Waals surface area contributed by atoms with E-state index in [9.17, 15) is 14.8 Å². The number of hydrogen-bond donors (Lipinski definition) is 4. The average molecular weight is 510 g/mol. The van der Waals surface area contributed by atoms with Crippen LogP contribution in [0.4, 0.5) is 17.1 Å². The van der Waals surface area contributed by atoms with E-state index in [1.54, 1.807) is 24.4 Å². The van der Waals surface area contributed by atoms with Crippen LogP contribution in [-0.2, 0) is 4.79 Å². The minimum Gasteiger partial charge on any atom is -0.326 e. The van der Waals surface area contributed by atoms with E-state index in [4.69, 9.17) is 0 Å². The second-order valence-corrected chi connectivity index (χ2v) is 9.74. The molecule has 38 heavy (non-hydrogen) atoms. The van der Waals surface area contributed by atoms with E-state index in [-0.39, 0.29) is 17.7 Å². The van der Waals surface area contributed by atoms with Crippen molar-refractivity contribution in [2.75, 3.05) is 23.7 Å². The van der Waals surface area contributed by atoms with Crippen LogP contribution in [0.5, 0.6) is 0 Å². The summed E-state index contributed by atoms with van der Waals surface area (Å²) in [5, 5.41) is 25.4. The first-order valence-corrected chi connectivity index (χ1v) is 12.9. The number of carbonyl (C=O) groups is 2. The van der Waals surface area contributed by atoms with Crippen LogP contribution in [0.1, 0.15) is 36.0 Å². The van der Waals surface area contributed by atoms with Crippen LogP contribution in [0.2, 0.25) is 0 Å². The van der Waals surface area contributed by atoms with Crippen molar-refractivity contribution in [2.24, 2.45) is 5.92 Å². The lowest BCUT2D eigenvalue weighted by Crippen LogP contribution is -2.32. The van der Waals surface area contributed by atoms with Gasteiger partial charge in [0.25, 0.3) is 11.6 Å². The van der Waals surface area contributed by atoms with E-state index in [0.29, 0.717) is 16.9 Å². The summed E-state index contributed by atoms with van der Waals surface area (Å²) in [5.74, 6) is -0.0650. The van der Waals surface area contributed by atoms with Crippen LogP contribution in [0.15, 0.2) is 72.9 Å². The van der Waals surface area contributed by atoms with Crippen LogP contribution in [0.25, 0.3) is 16.6 Å². The minimum atomic E-state index is -0.301. The zero-order valence-corrected chi connectivity index (χ0v) is 20.9. The van der Waals surface area contributed by atoms with E-state index < -0.39 is 0 Å². The molecule has 9 heteroatoms. The first-order chi connectivity index (χ1) is 18.6. The van der Waals surface area contributed by atoms with Gasteiger partial charge in [-0.1, -0.05) is 12.1 Å². The summed E-state index contributed by atoms with van der Waals surface area (Å²) in [6.07, 6.45) is 5.14. The summed E-state index contributed by atoms with van der Waals surface area (Å²) < 4.78 is 2.98. The highest BCUT2D eigenvalue weighted by Crippen LogP contribution is 2.30. The van der Waals surface area contributed by atoms with Gasteiger partial charge in [0, 0.05) is 59.4 Å². The molecule has 1 saturated heterocycles. The number of fused-ring (bicyclic) bond motifs is 1. The van der Waals surface area contributed by atoms with Gasteiger partial charge in [-0.15, -0.1) is 0 Å². The number of amides is 2. The molecule has 1 aliphatic heterocycles. The fourth-order valence-electron chi connectivity index (χ4n) is 4.74. The normalized spacial score (nSPS) is 15.3. The van der Waals surface area contributed by atoms with Crippen molar-refractivity contribution in [3.05, 3.63) is 78.5 Å². The van der Waals surface area contributed by atoms with Crippen molar-refractivity contribution < 1.29 is 19.5 Å². The maximum Gasteiger partial charge on any atom is 0.269 e. The topological polar surface area (TPSA) is 111 Å². The molecule has 0 bridgehead atoms. The molecule has 1 aliphatic carbocycles. The Morgan fingerprint density at radius 2 is 1.68 bits per heavy atom. The first kappa shape index (κ1) is 23.9. The molecule has 2 heterocycles. The number of carbonyl (C=O) groups excluding carboxylic acids is 2. The Morgan fingerprint density at radius 3 is 2.45 bits per heavy atom. The van der Waals surface area contributed by atoms with Crippen molar-refractivity contribution in [1.82, 2.24) is 15.1 Å². The van der Waals surface area contributed by atoms with Gasteiger partial charge in [-0.25, -0.2) is 4.68 Å². The largest absolute Gasteiger partial charge is 0.326 e. The number of para-hydroxylation sites is 1. The molecule has 4 aromatic rings. The van der Waals surface area contributed by atoms with Crippen molar-refractivity contribution in [2.45, 2.75) is 25.7 Å². The molecular weight excluding hydrogens is 480 g/mol. The molecule has 0 radical (unpaired) electrons. The molecule has 6 rings (SSSR count). The third-order valence-corrected chi connectivity index (χ3v) is 7.01. The summed E-state index contributed by atoms with van der Waals surface area (Å²) in [6, 6.07) is 20.3. The maximum atomic E-state index is 13.2.